The standard InChI is InChI=1S/C58H58O14/c59-48-31-32-49(60)70-53-51(46(38-62-33-40-19-7-1-8-20-40)68-57(67-37-44-27-15-5-16-28-44)55(53)71-56(61)45-29-17-6-18-30-45)72-58-54(66-36-43-25-13-4-14-26-43)52(65-35-42-23-11-3-12-24-42)50(47(69-58)39-63-48)64-34-41-21-9-2-10-22-41/h1-30,46-47,50-55,57-58H,31-39H2/t46-,47+,50+,51-,52-,53+,54-,55-,57+,58+/m0/s1. The second kappa shape index (κ2) is 25.7. The Bertz CT molecular complexity index is 2570. The Balaban J connectivity index is 1.13. The predicted molar refractivity (Wildman–Crippen MR) is 260 cm³/mol. The van der Waals surface area contributed by atoms with Crippen LogP contribution in [0.5, 0.6) is 0 Å². The minimum Gasteiger partial charge on any atom is -0.463 e. The molecular formula is C58H58O14. The zero-order valence-corrected chi connectivity index (χ0v) is 39.7. The van der Waals surface area contributed by atoms with E-state index in [1.807, 2.05) is 152 Å². The van der Waals surface area contributed by atoms with Crippen LogP contribution in [0, 0.1) is 0 Å². The fourth-order valence-electron chi connectivity index (χ4n) is 8.76. The van der Waals surface area contributed by atoms with Crippen molar-refractivity contribution >= 4 is 17.9 Å². The van der Waals surface area contributed by atoms with E-state index < -0.39 is 79.3 Å². The Kier molecular flexibility index (Phi) is 18.0. The summed E-state index contributed by atoms with van der Waals surface area (Å²) in [5, 5.41) is 0. The van der Waals surface area contributed by atoms with Gasteiger partial charge in [0, 0.05) is 0 Å². The van der Waals surface area contributed by atoms with E-state index in [1.54, 1.807) is 30.3 Å². The molecule has 0 aromatic heterocycles. The molecule has 0 saturated carbocycles. The minimum absolute atomic E-state index is 0.0358. The van der Waals surface area contributed by atoms with Gasteiger partial charge >= 0.3 is 17.9 Å². The SMILES string of the molecule is O=C1CCC(=O)O[C@H]2[C@H](OC(=O)c3ccccc3)[C@H](OCc3ccccc3)O[C@@H](COCc3ccccc3)[C@@H]2O[C@H]2O[C@H](CO1)[C@@H](OCc1ccccc1)[C@H](OCc1ccccc1)[C@@H]2OCc1ccccc1. The molecule has 0 N–H and O–H groups in total. The maximum Gasteiger partial charge on any atom is 0.338 e. The van der Waals surface area contributed by atoms with Crippen molar-refractivity contribution < 1.29 is 66.5 Å². The second-order valence-electron chi connectivity index (χ2n) is 17.6. The molecule has 2 bridgehead atoms. The molecule has 3 aliphatic heterocycles. The molecule has 6 aromatic rings. The number of carbonyl (C=O) groups excluding carboxylic acids is 3. The fourth-order valence-corrected chi connectivity index (χ4v) is 8.76. The highest BCUT2D eigenvalue weighted by molar-refractivity contribution is 5.89. The Morgan fingerprint density at radius 2 is 0.917 bits per heavy atom. The molecule has 3 heterocycles. The molecule has 9 rings (SSSR count). The monoisotopic (exact) mass is 978 g/mol. The second-order valence-corrected chi connectivity index (χ2v) is 17.6. The van der Waals surface area contributed by atoms with Crippen LogP contribution in [0.25, 0.3) is 0 Å². The summed E-state index contributed by atoms with van der Waals surface area (Å²) in [6.45, 7) is 0.228. The number of rotatable bonds is 18. The summed E-state index contributed by atoms with van der Waals surface area (Å²) in [5.41, 5.74) is 4.56. The van der Waals surface area contributed by atoms with Crippen LogP contribution in [0.2, 0.25) is 0 Å². The third kappa shape index (κ3) is 13.9. The molecule has 14 nitrogen and oxygen atoms in total. The summed E-state index contributed by atoms with van der Waals surface area (Å²) in [6.07, 6.45) is -12.5. The van der Waals surface area contributed by atoms with E-state index >= 15 is 0 Å². The van der Waals surface area contributed by atoms with E-state index in [9.17, 15) is 14.4 Å². The van der Waals surface area contributed by atoms with E-state index in [2.05, 4.69) is 0 Å². The van der Waals surface area contributed by atoms with Gasteiger partial charge in [0.05, 0.1) is 58.0 Å². The van der Waals surface area contributed by atoms with Crippen LogP contribution in [0.1, 0.15) is 51.0 Å². The van der Waals surface area contributed by atoms with E-state index in [1.165, 1.54) is 0 Å². The van der Waals surface area contributed by atoms with Crippen molar-refractivity contribution in [1.29, 1.82) is 0 Å². The van der Waals surface area contributed by atoms with Gasteiger partial charge in [0.25, 0.3) is 0 Å². The Labute approximate surface area is 418 Å². The number of fused-ring (bicyclic) bond motifs is 3. The van der Waals surface area contributed by atoms with Gasteiger partial charge in [-0.15, -0.1) is 0 Å². The summed E-state index contributed by atoms with van der Waals surface area (Å²) in [7, 11) is 0. The Morgan fingerprint density at radius 3 is 1.46 bits per heavy atom. The van der Waals surface area contributed by atoms with Gasteiger partial charge in [-0.3, -0.25) is 9.59 Å². The lowest BCUT2D eigenvalue weighted by molar-refractivity contribution is -0.370. The van der Waals surface area contributed by atoms with Gasteiger partial charge < -0.3 is 52.1 Å². The van der Waals surface area contributed by atoms with Crippen molar-refractivity contribution in [3.8, 4) is 0 Å². The average molecular weight is 979 g/mol. The normalized spacial score (nSPS) is 25.6. The maximum absolute atomic E-state index is 14.2. The van der Waals surface area contributed by atoms with E-state index in [4.69, 9.17) is 52.1 Å². The molecule has 0 unspecified atom stereocenters. The number of hydrogen-bond donors (Lipinski definition) is 0. The lowest BCUT2D eigenvalue weighted by atomic mass is 9.95. The Hall–Kier alpha value is -6.59. The highest BCUT2D eigenvalue weighted by atomic mass is 16.8. The van der Waals surface area contributed by atoms with Crippen molar-refractivity contribution in [1.82, 2.24) is 0 Å². The number of hydrogen-bond acceptors (Lipinski definition) is 14. The third-order valence-electron chi connectivity index (χ3n) is 12.4. The van der Waals surface area contributed by atoms with Crippen LogP contribution < -0.4 is 0 Å². The highest BCUT2D eigenvalue weighted by Crippen LogP contribution is 2.37. The molecular weight excluding hydrogens is 921 g/mol. The molecule has 6 aromatic carbocycles. The zero-order chi connectivity index (χ0) is 49.3. The lowest BCUT2D eigenvalue weighted by Gasteiger charge is -2.49. The van der Waals surface area contributed by atoms with Gasteiger partial charge in [0.1, 0.15) is 43.2 Å². The van der Waals surface area contributed by atoms with Crippen LogP contribution in [-0.2, 0) is 94.7 Å². The van der Waals surface area contributed by atoms with Crippen molar-refractivity contribution in [2.75, 3.05) is 13.2 Å². The average Bonchev–Trinajstić information content (AvgIpc) is 3.43. The Morgan fingerprint density at radius 1 is 0.458 bits per heavy atom. The molecule has 14 heteroatoms. The van der Waals surface area contributed by atoms with Gasteiger partial charge in [-0.2, -0.15) is 0 Å². The van der Waals surface area contributed by atoms with E-state index in [-0.39, 0.29) is 64.7 Å². The molecule has 0 aliphatic carbocycles. The minimum atomic E-state index is -1.44. The molecule has 0 radical (unpaired) electrons. The smallest absolute Gasteiger partial charge is 0.338 e. The molecule has 72 heavy (non-hydrogen) atoms. The van der Waals surface area contributed by atoms with Crippen molar-refractivity contribution in [2.24, 2.45) is 0 Å². The first kappa shape index (κ1) is 50.4. The van der Waals surface area contributed by atoms with Crippen LogP contribution >= 0.6 is 0 Å². The van der Waals surface area contributed by atoms with Crippen molar-refractivity contribution in [3.05, 3.63) is 215 Å². The maximum atomic E-state index is 14.2. The first-order chi connectivity index (χ1) is 35.4. The third-order valence-corrected chi connectivity index (χ3v) is 12.4. The highest BCUT2D eigenvalue weighted by Gasteiger charge is 2.56. The number of ether oxygens (including phenoxy) is 11. The molecule has 3 saturated heterocycles. The van der Waals surface area contributed by atoms with Crippen LogP contribution in [0.4, 0.5) is 0 Å². The summed E-state index contributed by atoms with van der Waals surface area (Å²) in [6, 6.07) is 56.4. The van der Waals surface area contributed by atoms with Gasteiger partial charge in [0.15, 0.2) is 24.8 Å². The first-order valence-corrected chi connectivity index (χ1v) is 24.2. The van der Waals surface area contributed by atoms with Crippen molar-refractivity contribution in [3.63, 3.8) is 0 Å². The zero-order valence-electron chi connectivity index (χ0n) is 39.7. The fraction of sp³-hybridized carbons (Fsp3) is 0.328. The number of cyclic esters (lactones) is 1. The summed E-state index contributed by atoms with van der Waals surface area (Å²) in [5.74, 6) is -2.19. The number of esters is 3. The lowest BCUT2D eigenvalue weighted by Crippen LogP contribution is -2.66. The van der Waals surface area contributed by atoms with Gasteiger partial charge in [-0.05, 0) is 39.9 Å². The number of benzene rings is 6. The molecule has 0 amide bonds. The number of carbonyl (C=O) groups is 3. The predicted octanol–water partition coefficient (Wildman–Crippen LogP) is 8.49. The summed E-state index contributed by atoms with van der Waals surface area (Å²) >= 11 is 0. The molecule has 0 spiro atoms. The first-order valence-electron chi connectivity index (χ1n) is 24.2. The van der Waals surface area contributed by atoms with Crippen molar-refractivity contribution in [2.45, 2.75) is 107 Å². The van der Waals surface area contributed by atoms with Gasteiger partial charge in [-0.1, -0.05) is 170 Å². The summed E-state index contributed by atoms with van der Waals surface area (Å²) < 4.78 is 73.0. The molecule has 374 valence electrons. The van der Waals surface area contributed by atoms with Gasteiger partial charge in [0.2, 0.25) is 0 Å². The topological polar surface area (TPSA) is 153 Å². The van der Waals surface area contributed by atoms with Crippen LogP contribution in [0.3, 0.4) is 0 Å². The van der Waals surface area contributed by atoms with E-state index in [0.29, 0.717) is 0 Å². The quantitative estimate of drug-likeness (QED) is 0.0598. The van der Waals surface area contributed by atoms with Crippen LogP contribution in [-0.4, -0.2) is 92.5 Å². The molecule has 3 aliphatic rings. The van der Waals surface area contributed by atoms with Crippen LogP contribution in [0.15, 0.2) is 182 Å². The molecule has 10 atom stereocenters. The largest absolute Gasteiger partial charge is 0.463 e. The van der Waals surface area contributed by atoms with Gasteiger partial charge in [-0.25, -0.2) is 4.79 Å². The molecule has 3 fully saturated rings. The summed E-state index contributed by atoms with van der Waals surface area (Å²) in [4.78, 5) is 41.9. The van der Waals surface area contributed by atoms with E-state index in [0.717, 1.165) is 27.8 Å².